The van der Waals surface area contributed by atoms with Gasteiger partial charge >= 0.3 is 0 Å². The van der Waals surface area contributed by atoms with Crippen LogP contribution >= 0.6 is 0 Å². The number of halogens is 2. The van der Waals surface area contributed by atoms with E-state index < -0.39 is 36.0 Å². The van der Waals surface area contributed by atoms with E-state index in [0.29, 0.717) is 0 Å². The van der Waals surface area contributed by atoms with Gasteiger partial charge in [-0.2, -0.15) is 0 Å². The molecule has 17 heavy (non-hydrogen) atoms. The van der Waals surface area contributed by atoms with Crippen molar-refractivity contribution in [3.8, 4) is 0 Å². The summed E-state index contributed by atoms with van der Waals surface area (Å²) in [5.74, 6) is -1.64. The summed E-state index contributed by atoms with van der Waals surface area (Å²) in [6, 6.07) is 3.33. The number of rotatable bonds is 6. The molecule has 0 radical (unpaired) electrons. The molecule has 0 spiro atoms. The molecule has 0 aliphatic rings. The number of aliphatic hydroxyl groups excluding tert-OH is 3. The maximum absolute atomic E-state index is 13.2. The van der Waals surface area contributed by atoms with Crippen LogP contribution in [-0.2, 0) is 0 Å². The molecule has 2 unspecified atom stereocenters. The highest BCUT2D eigenvalue weighted by Crippen LogP contribution is 2.19. The Hall–Kier alpha value is -1.08. The molecule has 96 valence electrons. The van der Waals surface area contributed by atoms with Gasteiger partial charge in [0.05, 0.1) is 24.4 Å². The van der Waals surface area contributed by atoms with Crippen LogP contribution in [0, 0.1) is 11.6 Å². The Bertz CT molecular complexity index is 342. The third-order valence-electron chi connectivity index (χ3n) is 2.26. The van der Waals surface area contributed by atoms with E-state index >= 15 is 0 Å². The molecule has 0 aromatic heterocycles. The topological polar surface area (TPSA) is 72.7 Å². The quantitative estimate of drug-likeness (QED) is 0.568. The Labute approximate surface area is 97.5 Å². The Morgan fingerprint density at radius 1 is 1.12 bits per heavy atom. The monoisotopic (exact) mass is 247 g/mol. The van der Waals surface area contributed by atoms with Crippen LogP contribution in [0.1, 0.15) is 11.7 Å². The molecule has 1 aromatic rings. The fourth-order valence-corrected chi connectivity index (χ4v) is 1.38. The average Bonchev–Trinajstić information content (AvgIpc) is 2.28. The molecular formula is C11H15F2NO3. The van der Waals surface area contributed by atoms with Gasteiger partial charge in [-0.3, -0.25) is 0 Å². The van der Waals surface area contributed by atoms with Crippen LogP contribution in [0.2, 0.25) is 0 Å². The summed E-state index contributed by atoms with van der Waals surface area (Å²) in [6.07, 6.45) is -2.31. The first kappa shape index (κ1) is 14.0. The first-order valence-electron chi connectivity index (χ1n) is 5.18. The van der Waals surface area contributed by atoms with Crippen LogP contribution in [0.3, 0.4) is 0 Å². The van der Waals surface area contributed by atoms with Crippen LogP contribution in [0.4, 0.5) is 8.78 Å². The lowest BCUT2D eigenvalue weighted by atomic mass is 10.1. The van der Waals surface area contributed by atoms with Gasteiger partial charge in [-0.15, -0.1) is 0 Å². The zero-order valence-electron chi connectivity index (χ0n) is 9.11. The number of hydrogen-bond donors (Lipinski definition) is 4. The van der Waals surface area contributed by atoms with Crippen molar-refractivity contribution in [1.82, 2.24) is 5.32 Å². The Kier molecular flexibility index (Phi) is 5.43. The van der Waals surface area contributed by atoms with Gasteiger partial charge in [-0.25, -0.2) is 8.78 Å². The largest absolute Gasteiger partial charge is 0.394 e. The summed E-state index contributed by atoms with van der Waals surface area (Å²) < 4.78 is 26.5. The molecule has 4 N–H and O–H groups in total. The Morgan fingerprint density at radius 2 is 1.71 bits per heavy atom. The second-order valence-corrected chi connectivity index (χ2v) is 3.65. The van der Waals surface area contributed by atoms with Gasteiger partial charge in [0.15, 0.2) is 0 Å². The molecule has 0 saturated heterocycles. The van der Waals surface area contributed by atoms with Crippen LogP contribution in [0.25, 0.3) is 0 Å². The zero-order valence-corrected chi connectivity index (χ0v) is 9.11. The molecule has 0 aliphatic carbocycles. The molecule has 1 rings (SSSR count). The van der Waals surface area contributed by atoms with Gasteiger partial charge in [0.2, 0.25) is 0 Å². The van der Waals surface area contributed by atoms with Gasteiger partial charge in [0.25, 0.3) is 0 Å². The summed E-state index contributed by atoms with van der Waals surface area (Å²) >= 11 is 0. The van der Waals surface area contributed by atoms with Gasteiger partial charge in [0.1, 0.15) is 11.6 Å². The molecule has 4 nitrogen and oxygen atoms in total. The molecule has 0 amide bonds. The molecule has 0 bridgehead atoms. The maximum Gasteiger partial charge on any atom is 0.131 e. The normalized spacial score (nSPS) is 14.6. The van der Waals surface area contributed by atoms with E-state index in [1.807, 2.05) is 0 Å². The lowest BCUT2D eigenvalue weighted by molar-refractivity contribution is 0.0884. The summed E-state index contributed by atoms with van der Waals surface area (Å²) in [7, 11) is 0. The van der Waals surface area contributed by atoms with Crippen LogP contribution in [0.15, 0.2) is 18.2 Å². The van der Waals surface area contributed by atoms with E-state index in [2.05, 4.69) is 5.32 Å². The Balaban J connectivity index is 2.55. The van der Waals surface area contributed by atoms with E-state index in [1.165, 1.54) is 6.07 Å². The van der Waals surface area contributed by atoms with Gasteiger partial charge in [0, 0.05) is 13.1 Å². The minimum Gasteiger partial charge on any atom is -0.394 e. The van der Waals surface area contributed by atoms with Crippen LogP contribution in [0.5, 0.6) is 0 Å². The van der Waals surface area contributed by atoms with Crippen molar-refractivity contribution in [2.45, 2.75) is 12.2 Å². The second-order valence-electron chi connectivity index (χ2n) is 3.65. The number of hydrogen-bond acceptors (Lipinski definition) is 4. The fourth-order valence-electron chi connectivity index (χ4n) is 1.38. The van der Waals surface area contributed by atoms with Crippen LogP contribution < -0.4 is 5.32 Å². The molecule has 0 heterocycles. The van der Waals surface area contributed by atoms with E-state index in [-0.39, 0.29) is 13.1 Å². The van der Waals surface area contributed by atoms with Crippen molar-refractivity contribution in [3.63, 3.8) is 0 Å². The van der Waals surface area contributed by atoms with Crippen molar-refractivity contribution in [3.05, 3.63) is 35.4 Å². The average molecular weight is 247 g/mol. The minimum absolute atomic E-state index is 0.0314. The summed E-state index contributed by atoms with van der Waals surface area (Å²) in [6.45, 7) is -0.504. The van der Waals surface area contributed by atoms with Crippen LogP contribution in [-0.4, -0.2) is 41.1 Å². The van der Waals surface area contributed by atoms with Gasteiger partial charge < -0.3 is 20.6 Å². The predicted octanol–water partition coefficient (Wildman–Crippen LogP) is -0.0590. The lowest BCUT2D eigenvalue weighted by Gasteiger charge is -2.15. The van der Waals surface area contributed by atoms with Gasteiger partial charge in [-0.05, 0) is 12.1 Å². The molecule has 0 fully saturated rings. The lowest BCUT2D eigenvalue weighted by Crippen LogP contribution is -2.32. The van der Waals surface area contributed by atoms with Crippen molar-refractivity contribution < 1.29 is 24.1 Å². The SMILES string of the molecule is OCC(O)CNCC(O)c1c(F)cccc1F. The van der Waals surface area contributed by atoms with Gasteiger partial charge in [-0.1, -0.05) is 6.07 Å². The third-order valence-corrected chi connectivity index (χ3v) is 2.26. The second kappa shape index (κ2) is 6.61. The zero-order chi connectivity index (χ0) is 12.8. The number of aliphatic hydroxyl groups is 3. The van der Waals surface area contributed by atoms with E-state index in [4.69, 9.17) is 10.2 Å². The molecular weight excluding hydrogens is 232 g/mol. The van der Waals surface area contributed by atoms with E-state index in [1.54, 1.807) is 0 Å². The minimum atomic E-state index is -1.35. The number of benzene rings is 1. The van der Waals surface area contributed by atoms with E-state index in [0.717, 1.165) is 12.1 Å². The van der Waals surface area contributed by atoms with Crippen molar-refractivity contribution in [2.24, 2.45) is 0 Å². The molecule has 0 saturated carbocycles. The summed E-state index contributed by atoms with van der Waals surface area (Å²) in [5.41, 5.74) is -0.404. The maximum atomic E-state index is 13.2. The highest BCUT2D eigenvalue weighted by molar-refractivity contribution is 5.22. The standard InChI is InChI=1S/C11H15F2NO3/c12-8-2-1-3-9(13)11(8)10(17)5-14-4-7(16)6-15/h1-3,7,10,14-17H,4-6H2. The molecule has 1 aromatic carbocycles. The molecule has 2 atom stereocenters. The van der Waals surface area contributed by atoms with Crippen molar-refractivity contribution in [2.75, 3.05) is 19.7 Å². The third kappa shape index (κ3) is 4.01. The predicted molar refractivity (Wildman–Crippen MR) is 57.3 cm³/mol. The fraction of sp³-hybridized carbons (Fsp3) is 0.455. The molecule has 6 heteroatoms. The highest BCUT2D eigenvalue weighted by Gasteiger charge is 2.17. The summed E-state index contributed by atoms with van der Waals surface area (Å²) in [4.78, 5) is 0. The Morgan fingerprint density at radius 3 is 2.24 bits per heavy atom. The number of nitrogens with one attached hydrogen (secondary N) is 1. The molecule has 0 aliphatic heterocycles. The highest BCUT2D eigenvalue weighted by atomic mass is 19.1. The first-order valence-corrected chi connectivity index (χ1v) is 5.18. The smallest absolute Gasteiger partial charge is 0.131 e. The van der Waals surface area contributed by atoms with E-state index in [9.17, 15) is 13.9 Å². The summed E-state index contributed by atoms with van der Waals surface area (Å²) in [5, 5.41) is 29.7. The van der Waals surface area contributed by atoms with Crippen molar-refractivity contribution >= 4 is 0 Å². The van der Waals surface area contributed by atoms with Crippen molar-refractivity contribution in [1.29, 1.82) is 0 Å². The first-order chi connectivity index (χ1) is 8.06.